The van der Waals surface area contributed by atoms with Crippen molar-refractivity contribution >= 4 is 28.4 Å². The minimum Gasteiger partial charge on any atom is -0.383 e. The second-order valence-corrected chi connectivity index (χ2v) is 7.85. The van der Waals surface area contributed by atoms with E-state index in [0.717, 1.165) is 45.4 Å². The van der Waals surface area contributed by atoms with E-state index >= 15 is 0 Å². The summed E-state index contributed by atoms with van der Waals surface area (Å²) in [6.07, 6.45) is 4.79. The van der Waals surface area contributed by atoms with Crippen molar-refractivity contribution in [3.05, 3.63) is 71.7 Å². The highest BCUT2D eigenvalue weighted by Gasteiger charge is 2.26. The van der Waals surface area contributed by atoms with Crippen molar-refractivity contribution in [3.63, 3.8) is 0 Å². The average molecular weight is 397 g/mol. The molecule has 5 rings (SSSR count). The predicted molar refractivity (Wildman–Crippen MR) is 119 cm³/mol. The quantitative estimate of drug-likeness (QED) is 0.572. The molecular formula is C24H23N5O. The van der Waals surface area contributed by atoms with E-state index in [9.17, 15) is 4.79 Å². The maximum absolute atomic E-state index is 13.0. The van der Waals surface area contributed by atoms with Crippen LogP contribution in [-0.2, 0) is 24.7 Å². The molecule has 6 heteroatoms. The number of nitrogens with two attached hydrogens (primary N) is 1. The number of amides is 1. The molecule has 1 aliphatic heterocycles. The number of carbonyl (C=O) groups excluding carboxylic acids is 1. The first-order valence-electron chi connectivity index (χ1n) is 10.1. The first kappa shape index (κ1) is 18.4. The summed E-state index contributed by atoms with van der Waals surface area (Å²) >= 11 is 0. The van der Waals surface area contributed by atoms with Gasteiger partial charge in [-0.1, -0.05) is 30.3 Å². The van der Waals surface area contributed by atoms with Crippen molar-refractivity contribution in [2.75, 3.05) is 17.2 Å². The number of anilines is 2. The molecule has 0 saturated carbocycles. The van der Waals surface area contributed by atoms with Crippen LogP contribution in [0, 0.1) is 6.92 Å². The summed E-state index contributed by atoms with van der Waals surface area (Å²) in [6.45, 7) is 2.76. The van der Waals surface area contributed by atoms with Gasteiger partial charge < -0.3 is 15.2 Å². The van der Waals surface area contributed by atoms with Crippen LogP contribution in [0.3, 0.4) is 0 Å². The maximum atomic E-state index is 13.0. The fraction of sp³-hybridized carbons (Fsp3) is 0.208. The van der Waals surface area contributed by atoms with Gasteiger partial charge in [-0.05, 0) is 47.7 Å². The molecule has 1 amide bonds. The van der Waals surface area contributed by atoms with E-state index in [1.165, 1.54) is 11.9 Å². The van der Waals surface area contributed by atoms with Crippen LogP contribution in [0.1, 0.15) is 16.7 Å². The highest BCUT2D eigenvalue weighted by Crippen LogP contribution is 2.37. The van der Waals surface area contributed by atoms with Crippen LogP contribution in [0.5, 0.6) is 0 Å². The van der Waals surface area contributed by atoms with Crippen molar-refractivity contribution in [3.8, 4) is 11.1 Å². The number of rotatable bonds is 3. The molecule has 0 saturated heterocycles. The zero-order chi connectivity index (χ0) is 20.8. The third kappa shape index (κ3) is 2.92. The van der Waals surface area contributed by atoms with E-state index in [1.807, 2.05) is 60.0 Å². The van der Waals surface area contributed by atoms with Crippen LogP contribution in [0.4, 0.5) is 11.5 Å². The van der Waals surface area contributed by atoms with E-state index in [4.69, 9.17) is 5.73 Å². The molecule has 0 unspecified atom stereocenters. The largest absolute Gasteiger partial charge is 0.383 e. The summed E-state index contributed by atoms with van der Waals surface area (Å²) in [5, 5.41) is 0.866. The molecule has 2 aromatic heterocycles. The Morgan fingerprint density at radius 3 is 2.83 bits per heavy atom. The number of benzene rings is 2. The molecule has 30 heavy (non-hydrogen) atoms. The fourth-order valence-electron chi connectivity index (χ4n) is 4.35. The molecule has 0 bridgehead atoms. The van der Waals surface area contributed by atoms with Crippen molar-refractivity contribution in [2.45, 2.75) is 19.8 Å². The fourth-order valence-corrected chi connectivity index (χ4v) is 4.35. The summed E-state index contributed by atoms with van der Waals surface area (Å²) in [5.74, 6) is 0.615. The lowest BCUT2D eigenvalue weighted by Crippen LogP contribution is -2.30. The number of aryl methyl sites for hydroxylation is 2. The van der Waals surface area contributed by atoms with Gasteiger partial charge in [0.25, 0.3) is 0 Å². The number of hydrogen-bond acceptors (Lipinski definition) is 4. The Morgan fingerprint density at radius 1 is 1.17 bits per heavy atom. The molecule has 2 aromatic carbocycles. The molecule has 0 spiro atoms. The Labute approximate surface area is 175 Å². The van der Waals surface area contributed by atoms with Gasteiger partial charge in [-0.3, -0.25) is 4.79 Å². The molecule has 4 aromatic rings. The lowest BCUT2D eigenvalue weighted by molar-refractivity contribution is -0.117. The number of nitrogen functional groups attached to an aromatic ring is 1. The van der Waals surface area contributed by atoms with Crippen LogP contribution in [0.25, 0.3) is 22.2 Å². The standard InChI is InChI=1S/C24H23N5O/c1-15-5-3-4-6-16(15)12-21(30)29-10-9-18-11-17(7-8-20(18)29)19-13-28(2)24-22(19)23(25)26-14-27-24/h3-8,11,13-14H,9-10,12H2,1-2H3,(H2,25,26,27). The summed E-state index contributed by atoms with van der Waals surface area (Å²) < 4.78 is 1.97. The Kier molecular flexibility index (Phi) is 4.28. The van der Waals surface area contributed by atoms with Crippen molar-refractivity contribution in [1.82, 2.24) is 14.5 Å². The molecule has 3 heterocycles. The minimum atomic E-state index is 0.138. The van der Waals surface area contributed by atoms with E-state index in [-0.39, 0.29) is 5.91 Å². The van der Waals surface area contributed by atoms with E-state index in [2.05, 4.69) is 22.1 Å². The van der Waals surface area contributed by atoms with E-state index in [0.29, 0.717) is 18.8 Å². The normalized spacial score (nSPS) is 13.1. The van der Waals surface area contributed by atoms with Crippen LogP contribution in [0.15, 0.2) is 55.0 Å². The maximum Gasteiger partial charge on any atom is 0.231 e. The molecule has 150 valence electrons. The van der Waals surface area contributed by atoms with Gasteiger partial charge in [0.1, 0.15) is 17.8 Å². The molecule has 1 aliphatic rings. The molecular weight excluding hydrogens is 374 g/mol. The van der Waals surface area contributed by atoms with Crippen molar-refractivity contribution < 1.29 is 4.79 Å². The highest BCUT2D eigenvalue weighted by molar-refractivity contribution is 6.02. The average Bonchev–Trinajstić information content (AvgIpc) is 3.31. The third-order valence-corrected chi connectivity index (χ3v) is 5.97. The molecule has 2 N–H and O–H groups in total. The Balaban J connectivity index is 1.48. The number of nitrogens with zero attached hydrogens (tertiary/aromatic N) is 4. The first-order valence-corrected chi connectivity index (χ1v) is 10.1. The molecule has 0 fully saturated rings. The van der Waals surface area contributed by atoms with Gasteiger partial charge >= 0.3 is 0 Å². The second kappa shape index (κ2) is 6.99. The Morgan fingerprint density at radius 2 is 2.00 bits per heavy atom. The number of fused-ring (bicyclic) bond motifs is 2. The molecule has 0 atom stereocenters. The van der Waals surface area contributed by atoms with E-state index < -0.39 is 0 Å². The third-order valence-electron chi connectivity index (χ3n) is 5.97. The lowest BCUT2D eigenvalue weighted by Gasteiger charge is -2.18. The lowest BCUT2D eigenvalue weighted by atomic mass is 10.0. The Hall–Kier alpha value is -3.67. The Bertz CT molecular complexity index is 1290. The van der Waals surface area contributed by atoms with Crippen LogP contribution < -0.4 is 10.6 Å². The van der Waals surface area contributed by atoms with Crippen molar-refractivity contribution in [1.29, 1.82) is 0 Å². The van der Waals surface area contributed by atoms with Gasteiger partial charge in [0, 0.05) is 31.0 Å². The zero-order valence-corrected chi connectivity index (χ0v) is 17.1. The molecule has 0 radical (unpaired) electrons. The summed E-state index contributed by atoms with van der Waals surface area (Å²) in [5.41, 5.74) is 13.5. The van der Waals surface area contributed by atoms with Crippen LogP contribution in [0.2, 0.25) is 0 Å². The van der Waals surface area contributed by atoms with Gasteiger partial charge in [0.05, 0.1) is 11.8 Å². The first-order chi connectivity index (χ1) is 14.5. The van der Waals surface area contributed by atoms with Gasteiger partial charge in [-0.15, -0.1) is 0 Å². The summed E-state index contributed by atoms with van der Waals surface area (Å²) in [4.78, 5) is 23.4. The smallest absolute Gasteiger partial charge is 0.231 e. The predicted octanol–water partition coefficient (Wildman–Crippen LogP) is 3.66. The topological polar surface area (TPSA) is 77.0 Å². The second-order valence-electron chi connectivity index (χ2n) is 7.85. The summed E-state index contributed by atoms with van der Waals surface area (Å²) in [7, 11) is 1.96. The number of hydrogen-bond donors (Lipinski definition) is 1. The van der Waals surface area contributed by atoms with Gasteiger partial charge in [0.2, 0.25) is 5.91 Å². The molecule has 6 nitrogen and oxygen atoms in total. The van der Waals surface area contributed by atoms with Crippen LogP contribution >= 0.6 is 0 Å². The number of carbonyl (C=O) groups is 1. The highest BCUT2D eigenvalue weighted by atomic mass is 16.2. The van der Waals surface area contributed by atoms with Gasteiger partial charge in [-0.2, -0.15) is 0 Å². The zero-order valence-electron chi connectivity index (χ0n) is 17.1. The van der Waals surface area contributed by atoms with Gasteiger partial charge in [0.15, 0.2) is 0 Å². The summed E-state index contributed by atoms with van der Waals surface area (Å²) in [6, 6.07) is 14.3. The van der Waals surface area contributed by atoms with Crippen molar-refractivity contribution in [2.24, 2.45) is 7.05 Å². The van der Waals surface area contributed by atoms with E-state index in [1.54, 1.807) is 0 Å². The monoisotopic (exact) mass is 397 g/mol. The SMILES string of the molecule is Cc1ccccc1CC(=O)N1CCc2cc(-c3cn(C)c4ncnc(N)c34)ccc21. The van der Waals surface area contributed by atoms with Gasteiger partial charge in [-0.25, -0.2) is 9.97 Å². The number of aromatic nitrogens is 3. The molecule has 0 aliphatic carbocycles. The minimum absolute atomic E-state index is 0.138. The van der Waals surface area contributed by atoms with Crippen LogP contribution in [-0.4, -0.2) is 27.0 Å².